The van der Waals surface area contributed by atoms with Gasteiger partial charge in [0.25, 0.3) is 0 Å². The van der Waals surface area contributed by atoms with Crippen molar-refractivity contribution in [3.63, 3.8) is 0 Å². The summed E-state index contributed by atoms with van der Waals surface area (Å²) >= 11 is 0. The molecule has 1 aliphatic rings. The number of benzene rings is 1. The Kier molecular flexibility index (Phi) is 4.52. The van der Waals surface area contributed by atoms with Crippen molar-refractivity contribution in [1.82, 2.24) is 4.98 Å². The van der Waals surface area contributed by atoms with E-state index in [1.165, 1.54) is 0 Å². The summed E-state index contributed by atoms with van der Waals surface area (Å²) in [4.78, 5) is 3.81. The minimum atomic E-state index is -4.44. The summed E-state index contributed by atoms with van der Waals surface area (Å²) in [6, 6.07) is 8.55. The van der Waals surface area contributed by atoms with Crippen LogP contribution in [0.1, 0.15) is 33.3 Å². The molecule has 0 unspecified atom stereocenters. The Balaban J connectivity index is 1.73. The summed E-state index contributed by atoms with van der Waals surface area (Å²) in [6.07, 6.45) is -3.38. The van der Waals surface area contributed by atoms with Crippen LogP contribution in [0.5, 0.6) is 11.6 Å². The van der Waals surface area contributed by atoms with Crippen molar-refractivity contribution >= 4 is 12.6 Å². The van der Waals surface area contributed by atoms with Crippen molar-refractivity contribution < 1.29 is 27.2 Å². The number of nitrogens with zero attached hydrogens (tertiary/aromatic N) is 1. The summed E-state index contributed by atoms with van der Waals surface area (Å²) in [5, 5.41) is 0. The van der Waals surface area contributed by atoms with E-state index < -0.39 is 30.1 Å². The second-order valence-electron chi connectivity index (χ2n) is 7.14. The van der Waals surface area contributed by atoms with Crippen molar-refractivity contribution in [1.29, 1.82) is 0 Å². The molecule has 4 nitrogen and oxygen atoms in total. The molecule has 2 heterocycles. The molecule has 0 saturated carbocycles. The van der Waals surface area contributed by atoms with Crippen LogP contribution in [0.25, 0.3) is 0 Å². The van der Waals surface area contributed by atoms with Gasteiger partial charge in [-0.15, -0.1) is 0 Å². The largest absolute Gasteiger partial charge is 0.494 e. The second kappa shape index (κ2) is 6.28. The number of hydrogen-bond acceptors (Lipinski definition) is 4. The second-order valence-corrected chi connectivity index (χ2v) is 7.14. The van der Waals surface area contributed by atoms with Gasteiger partial charge in [-0.05, 0) is 51.4 Å². The summed E-state index contributed by atoms with van der Waals surface area (Å²) in [5.41, 5.74) is -0.909. The van der Waals surface area contributed by atoms with Gasteiger partial charge in [-0.2, -0.15) is 13.2 Å². The van der Waals surface area contributed by atoms with Crippen LogP contribution in [0.2, 0.25) is 0 Å². The summed E-state index contributed by atoms with van der Waals surface area (Å²) in [6.45, 7) is 7.85. The molecule has 2 aromatic rings. The molecule has 0 bridgehead atoms. The van der Waals surface area contributed by atoms with E-state index in [0.29, 0.717) is 5.75 Å². The molecule has 8 heteroatoms. The van der Waals surface area contributed by atoms with Crippen LogP contribution in [-0.2, 0) is 15.5 Å². The molecule has 0 atom stereocenters. The van der Waals surface area contributed by atoms with Gasteiger partial charge in [0.2, 0.25) is 5.88 Å². The van der Waals surface area contributed by atoms with Gasteiger partial charge < -0.3 is 14.0 Å². The fourth-order valence-electron chi connectivity index (χ4n) is 2.43. The highest BCUT2D eigenvalue weighted by Crippen LogP contribution is 2.36. The number of alkyl halides is 3. The van der Waals surface area contributed by atoms with Gasteiger partial charge in [0.05, 0.1) is 16.8 Å². The number of rotatable bonds is 3. The van der Waals surface area contributed by atoms with E-state index >= 15 is 0 Å². The zero-order valence-electron chi connectivity index (χ0n) is 14.9. The van der Waals surface area contributed by atoms with Crippen molar-refractivity contribution in [3.8, 4) is 11.6 Å². The Labute approximate surface area is 150 Å². The third kappa shape index (κ3) is 3.71. The maximum atomic E-state index is 12.7. The Hall–Kier alpha value is -2.06. The summed E-state index contributed by atoms with van der Waals surface area (Å²) in [5.74, 6) is 0.250. The molecule has 0 N–H and O–H groups in total. The normalized spacial score (nSPS) is 18.8. The van der Waals surface area contributed by atoms with E-state index in [0.717, 1.165) is 23.8 Å². The van der Waals surface area contributed by atoms with Crippen LogP contribution < -0.4 is 10.2 Å². The maximum Gasteiger partial charge on any atom is 0.494 e. The van der Waals surface area contributed by atoms with Gasteiger partial charge in [0.1, 0.15) is 5.75 Å². The molecular formula is C18H19BF3NO3. The van der Waals surface area contributed by atoms with E-state index in [4.69, 9.17) is 14.0 Å². The van der Waals surface area contributed by atoms with Gasteiger partial charge in [-0.25, -0.2) is 4.98 Å². The van der Waals surface area contributed by atoms with Gasteiger partial charge >= 0.3 is 13.3 Å². The summed E-state index contributed by atoms with van der Waals surface area (Å²) < 4.78 is 55.6. The lowest BCUT2D eigenvalue weighted by Crippen LogP contribution is -2.41. The Morgan fingerprint density at radius 3 is 2.08 bits per heavy atom. The maximum absolute atomic E-state index is 12.7. The van der Waals surface area contributed by atoms with Crippen LogP contribution in [0.4, 0.5) is 13.2 Å². The molecule has 1 aliphatic heterocycles. The van der Waals surface area contributed by atoms with Crippen LogP contribution >= 0.6 is 0 Å². The van der Waals surface area contributed by atoms with E-state index in [1.54, 1.807) is 24.3 Å². The summed E-state index contributed by atoms with van der Waals surface area (Å²) in [7, 11) is -0.513. The Morgan fingerprint density at radius 1 is 0.962 bits per heavy atom. The number of halogens is 3. The van der Waals surface area contributed by atoms with E-state index in [9.17, 15) is 13.2 Å². The molecule has 138 valence electrons. The smallest absolute Gasteiger partial charge is 0.439 e. The molecule has 1 fully saturated rings. The van der Waals surface area contributed by atoms with Gasteiger partial charge in [0, 0.05) is 12.3 Å². The Bertz CT molecular complexity index is 775. The van der Waals surface area contributed by atoms with Crippen LogP contribution in [-0.4, -0.2) is 23.3 Å². The van der Waals surface area contributed by atoms with Gasteiger partial charge in [-0.3, -0.25) is 0 Å². The van der Waals surface area contributed by atoms with Gasteiger partial charge in [0.15, 0.2) is 0 Å². The predicted molar refractivity (Wildman–Crippen MR) is 91.5 cm³/mol. The third-order valence-electron chi connectivity index (χ3n) is 4.69. The van der Waals surface area contributed by atoms with E-state index in [-0.39, 0.29) is 5.88 Å². The lowest BCUT2D eigenvalue weighted by molar-refractivity contribution is -0.137. The quantitative estimate of drug-likeness (QED) is 0.765. The first kappa shape index (κ1) is 18.7. The first-order valence-corrected chi connectivity index (χ1v) is 8.15. The molecular weight excluding hydrogens is 346 g/mol. The van der Waals surface area contributed by atoms with Crippen LogP contribution in [0.3, 0.4) is 0 Å². The first-order chi connectivity index (χ1) is 12.0. The average Bonchev–Trinajstić information content (AvgIpc) is 2.75. The topological polar surface area (TPSA) is 40.6 Å². The van der Waals surface area contributed by atoms with Crippen molar-refractivity contribution in [2.24, 2.45) is 0 Å². The lowest BCUT2D eigenvalue weighted by Gasteiger charge is -2.32. The third-order valence-corrected chi connectivity index (χ3v) is 4.69. The molecule has 3 rings (SSSR count). The number of hydrogen-bond donors (Lipinski definition) is 0. The zero-order valence-corrected chi connectivity index (χ0v) is 14.9. The fourth-order valence-corrected chi connectivity index (χ4v) is 2.43. The standard InChI is InChI=1S/C18H19BF3NO3/c1-16(2)17(3,4)26-19(25-16)13-5-7-14(8-6-13)24-15-11-12(9-10-23-15)18(20,21)22/h5-11H,1-4H3. The molecule has 0 spiro atoms. The first-order valence-electron chi connectivity index (χ1n) is 8.15. The fraction of sp³-hybridized carbons (Fsp3) is 0.389. The van der Waals surface area contributed by atoms with Gasteiger partial charge in [-0.1, -0.05) is 12.1 Å². The Morgan fingerprint density at radius 2 is 1.54 bits per heavy atom. The minimum absolute atomic E-state index is 0.122. The molecule has 1 saturated heterocycles. The van der Waals surface area contributed by atoms with Crippen molar-refractivity contribution in [2.45, 2.75) is 45.1 Å². The molecule has 26 heavy (non-hydrogen) atoms. The van der Waals surface area contributed by atoms with E-state index in [1.807, 2.05) is 27.7 Å². The van der Waals surface area contributed by atoms with Crippen LogP contribution in [0, 0.1) is 0 Å². The van der Waals surface area contributed by atoms with E-state index in [2.05, 4.69) is 4.98 Å². The van der Waals surface area contributed by atoms with Crippen molar-refractivity contribution in [3.05, 3.63) is 48.2 Å². The molecule has 0 radical (unpaired) electrons. The molecule has 1 aromatic heterocycles. The molecule has 0 amide bonds. The molecule has 1 aromatic carbocycles. The number of aromatic nitrogens is 1. The van der Waals surface area contributed by atoms with Crippen LogP contribution in [0.15, 0.2) is 42.6 Å². The SMILES string of the molecule is CC1(C)OB(c2ccc(Oc3cc(C(F)(F)F)ccn3)cc2)OC1(C)C. The highest BCUT2D eigenvalue weighted by Gasteiger charge is 2.51. The predicted octanol–water partition coefficient (Wildman–Crippen LogP) is 4.19. The number of ether oxygens (including phenoxy) is 1. The highest BCUT2D eigenvalue weighted by atomic mass is 19.4. The number of pyridine rings is 1. The zero-order chi connectivity index (χ0) is 19.2. The molecule has 0 aliphatic carbocycles. The highest BCUT2D eigenvalue weighted by molar-refractivity contribution is 6.62. The minimum Gasteiger partial charge on any atom is -0.439 e. The lowest BCUT2D eigenvalue weighted by atomic mass is 9.79. The van der Waals surface area contributed by atoms with Crippen molar-refractivity contribution in [2.75, 3.05) is 0 Å². The average molecular weight is 365 g/mol. The monoisotopic (exact) mass is 365 g/mol.